The second-order valence-corrected chi connectivity index (χ2v) is 5.71. The van der Waals surface area contributed by atoms with Crippen LogP contribution >= 0.6 is 0 Å². The van der Waals surface area contributed by atoms with Crippen LogP contribution in [0, 0.1) is 11.6 Å². The van der Waals surface area contributed by atoms with Crippen LogP contribution in [0.2, 0.25) is 0 Å². The van der Waals surface area contributed by atoms with Crippen LogP contribution in [0.4, 0.5) is 8.78 Å². The third-order valence-electron chi connectivity index (χ3n) is 4.17. The summed E-state index contributed by atoms with van der Waals surface area (Å²) in [6.45, 7) is 7.52. The minimum absolute atomic E-state index is 0.150. The number of carbonyl (C=O) groups is 1. The second-order valence-electron chi connectivity index (χ2n) is 5.71. The molecule has 0 atom stereocenters. The van der Waals surface area contributed by atoms with E-state index in [9.17, 15) is 13.6 Å². The van der Waals surface area contributed by atoms with E-state index in [4.69, 9.17) is 0 Å². The van der Waals surface area contributed by atoms with E-state index >= 15 is 0 Å². The Labute approximate surface area is 141 Å². The van der Waals surface area contributed by atoms with Crippen molar-refractivity contribution in [1.29, 1.82) is 0 Å². The van der Waals surface area contributed by atoms with Crippen LogP contribution in [0.1, 0.15) is 35.3 Å². The Morgan fingerprint density at radius 2 is 1.71 bits per heavy atom. The van der Waals surface area contributed by atoms with Crippen LogP contribution in [0.25, 0.3) is 0 Å². The summed E-state index contributed by atoms with van der Waals surface area (Å²) in [6, 6.07) is 10.9. The van der Waals surface area contributed by atoms with E-state index in [0.29, 0.717) is 12.6 Å². The molecule has 0 fully saturated rings. The zero-order chi connectivity index (χ0) is 17.5. The van der Waals surface area contributed by atoms with Gasteiger partial charge < -0.3 is 10.2 Å². The van der Waals surface area contributed by atoms with Gasteiger partial charge in [-0.2, -0.15) is 0 Å². The first-order chi connectivity index (χ1) is 11.5. The summed E-state index contributed by atoms with van der Waals surface area (Å²) in [7, 11) is 0. The molecular formula is C19H23F2N2O+. The van der Waals surface area contributed by atoms with E-state index in [1.54, 1.807) is 0 Å². The topological polar surface area (TPSA) is 33.5 Å². The predicted molar refractivity (Wildman–Crippen MR) is 89.7 cm³/mol. The molecule has 0 spiro atoms. The van der Waals surface area contributed by atoms with Crippen LogP contribution in [-0.2, 0) is 13.1 Å². The van der Waals surface area contributed by atoms with Gasteiger partial charge in [0.25, 0.3) is 5.91 Å². The number of amides is 1. The van der Waals surface area contributed by atoms with Crippen molar-refractivity contribution >= 4 is 5.91 Å². The average molecular weight is 333 g/mol. The van der Waals surface area contributed by atoms with Gasteiger partial charge in [0, 0.05) is 18.2 Å². The van der Waals surface area contributed by atoms with Gasteiger partial charge in [-0.15, -0.1) is 0 Å². The zero-order valence-electron chi connectivity index (χ0n) is 14.0. The molecule has 0 aliphatic heterocycles. The molecule has 0 radical (unpaired) electrons. The highest BCUT2D eigenvalue weighted by atomic mass is 19.1. The van der Waals surface area contributed by atoms with E-state index in [1.807, 2.05) is 24.3 Å². The molecule has 0 aromatic heterocycles. The van der Waals surface area contributed by atoms with E-state index in [0.717, 1.165) is 42.9 Å². The van der Waals surface area contributed by atoms with Crippen LogP contribution in [-0.4, -0.2) is 19.0 Å². The molecule has 0 saturated carbocycles. The fourth-order valence-corrected chi connectivity index (χ4v) is 2.62. The number of hydrogen-bond donors (Lipinski definition) is 2. The number of rotatable bonds is 7. The molecule has 2 aromatic carbocycles. The van der Waals surface area contributed by atoms with Crippen LogP contribution < -0.4 is 10.2 Å². The van der Waals surface area contributed by atoms with Gasteiger partial charge in [0.1, 0.15) is 18.2 Å². The number of halogens is 2. The first kappa shape index (κ1) is 18.1. The number of benzene rings is 2. The van der Waals surface area contributed by atoms with Crippen molar-refractivity contribution in [3.05, 3.63) is 70.8 Å². The largest absolute Gasteiger partial charge is 0.348 e. The molecule has 1 amide bonds. The molecule has 2 N–H and O–H groups in total. The molecule has 2 aromatic rings. The molecule has 3 nitrogen and oxygen atoms in total. The average Bonchev–Trinajstić information content (AvgIpc) is 2.58. The Morgan fingerprint density at radius 3 is 2.33 bits per heavy atom. The highest BCUT2D eigenvalue weighted by Gasteiger charge is 2.14. The Hall–Kier alpha value is -2.27. The Kier molecular flexibility index (Phi) is 6.44. The normalized spacial score (nSPS) is 10.9. The monoisotopic (exact) mass is 333 g/mol. The van der Waals surface area contributed by atoms with Gasteiger partial charge in [0.15, 0.2) is 0 Å². The van der Waals surface area contributed by atoms with Crippen LogP contribution in [0.5, 0.6) is 0 Å². The lowest BCUT2D eigenvalue weighted by Gasteiger charge is -2.18. The third-order valence-corrected chi connectivity index (χ3v) is 4.17. The lowest BCUT2D eigenvalue weighted by atomic mass is 10.1. The summed E-state index contributed by atoms with van der Waals surface area (Å²) < 4.78 is 26.6. The molecule has 2 rings (SSSR count). The maximum absolute atomic E-state index is 13.7. The van der Waals surface area contributed by atoms with Gasteiger partial charge >= 0.3 is 0 Å². The molecule has 128 valence electrons. The highest BCUT2D eigenvalue weighted by molar-refractivity contribution is 5.94. The maximum atomic E-state index is 13.7. The van der Waals surface area contributed by atoms with Gasteiger partial charge in [-0.1, -0.05) is 24.3 Å². The maximum Gasteiger partial charge on any atom is 0.254 e. The molecule has 24 heavy (non-hydrogen) atoms. The predicted octanol–water partition coefficient (Wildman–Crippen LogP) is 2.32. The number of nitrogens with one attached hydrogen (secondary N) is 2. The van der Waals surface area contributed by atoms with Gasteiger partial charge in [-0.25, -0.2) is 8.78 Å². The standard InChI is InChI=1S/C19H22F2N2O/c1-3-23(4-2)13-15-8-6-5-7-14(15)12-22-19(24)17-10-9-16(20)11-18(17)21/h5-11H,3-4,12-13H2,1-2H3,(H,22,24)/p+1. The minimum Gasteiger partial charge on any atom is -0.348 e. The van der Waals surface area contributed by atoms with Gasteiger partial charge in [-0.3, -0.25) is 4.79 Å². The molecular weight excluding hydrogens is 310 g/mol. The third kappa shape index (κ3) is 4.61. The molecule has 0 aliphatic rings. The second kappa shape index (κ2) is 8.55. The summed E-state index contributed by atoms with van der Waals surface area (Å²) in [5.74, 6) is -2.09. The van der Waals surface area contributed by atoms with E-state index < -0.39 is 17.5 Å². The summed E-state index contributed by atoms with van der Waals surface area (Å²) in [5, 5.41) is 2.71. The Morgan fingerprint density at radius 1 is 1.04 bits per heavy atom. The van der Waals surface area contributed by atoms with Crippen molar-refractivity contribution in [2.24, 2.45) is 0 Å². The van der Waals surface area contributed by atoms with Crippen LogP contribution in [0.3, 0.4) is 0 Å². The summed E-state index contributed by atoms with van der Waals surface area (Å²) in [5.41, 5.74) is 2.02. The lowest BCUT2D eigenvalue weighted by molar-refractivity contribution is -0.910. The van der Waals surface area contributed by atoms with E-state index in [-0.39, 0.29) is 5.56 Å². The first-order valence-corrected chi connectivity index (χ1v) is 8.18. The molecule has 0 bridgehead atoms. The molecule has 0 unspecified atom stereocenters. The van der Waals surface area contributed by atoms with E-state index in [2.05, 4.69) is 19.2 Å². The molecule has 0 heterocycles. The molecule has 0 saturated heterocycles. The summed E-state index contributed by atoms with van der Waals surface area (Å²) in [6.07, 6.45) is 0. The molecule has 0 aliphatic carbocycles. The fourth-order valence-electron chi connectivity index (χ4n) is 2.62. The minimum atomic E-state index is -0.853. The Bertz CT molecular complexity index is 700. The van der Waals surface area contributed by atoms with Crippen LogP contribution in [0.15, 0.2) is 42.5 Å². The summed E-state index contributed by atoms with van der Waals surface area (Å²) in [4.78, 5) is 13.6. The zero-order valence-corrected chi connectivity index (χ0v) is 14.0. The van der Waals surface area contributed by atoms with Crippen molar-refractivity contribution in [2.75, 3.05) is 13.1 Å². The lowest BCUT2D eigenvalue weighted by Crippen LogP contribution is -3.10. The summed E-state index contributed by atoms with van der Waals surface area (Å²) >= 11 is 0. The van der Waals surface area contributed by atoms with Gasteiger partial charge in [0.2, 0.25) is 0 Å². The first-order valence-electron chi connectivity index (χ1n) is 8.18. The van der Waals surface area contributed by atoms with Crippen molar-refractivity contribution in [3.8, 4) is 0 Å². The van der Waals surface area contributed by atoms with Gasteiger partial charge in [-0.05, 0) is 31.5 Å². The van der Waals surface area contributed by atoms with Crippen molar-refractivity contribution in [2.45, 2.75) is 26.9 Å². The smallest absolute Gasteiger partial charge is 0.254 e. The SMILES string of the molecule is CC[NH+](CC)Cc1ccccc1CNC(=O)c1ccc(F)cc1F. The number of carbonyl (C=O) groups excluding carboxylic acids is 1. The quantitative estimate of drug-likeness (QED) is 0.801. The Balaban J connectivity index is 2.07. The fraction of sp³-hybridized carbons (Fsp3) is 0.316. The number of quaternary nitrogens is 1. The highest BCUT2D eigenvalue weighted by Crippen LogP contribution is 2.11. The molecule has 5 heteroatoms. The van der Waals surface area contributed by atoms with Crippen molar-refractivity contribution in [3.63, 3.8) is 0 Å². The van der Waals surface area contributed by atoms with Crippen molar-refractivity contribution < 1.29 is 18.5 Å². The van der Waals surface area contributed by atoms with Gasteiger partial charge in [0.05, 0.1) is 18.7 Å². The van der Waals surface area contributed by atoms with Crippen molar-refractivity contribution in [1.82, 2.24) is 5.32 Å². The number of hydrogen-bond acceptors (Lipinski definition) is 1. The van der Waals surface area contributed by atoms with E-state index in [1.165, 1.54) is 4.90 Å².